The van der Waals surface area contributed by atoms with E-state index in [-0.39, 0.29) is 51.4 Å². The summed E-state index contributed by atoms with van der Waals surface area (Å²) in [6.45, 7) is 9.87. The van der Waals surface area contributed by atoms with Gasteiger partial charge >= 0.3 is 0 Å². The maximum atomic E-state index is 13.9. The van der Waals surface area contributed by atoms with Gasteiger partial charge in [-0.25, -0.2) is 0 Å². The van der Waals surface area contributed by atoms with Crippen LogP contribution in [0.5, 0.6) is 34.5 Å². The molecule has 0 amide bonds. The minimum absolute atomic E-state index is 0.0807. The van der Waals surface area contributed by atoms with Gasteiger partial charge in [-0.1, -0.05) is 53.4 Å². The van der Waals surface area contributed by atoms with Gasteiger partial charge in [-0.2, -0.15) is 0 Å². The van der Waals surface area contributed by atoms with Crippen molar-refractivity contribution < 1.29 is 34.0 Å². The summed E-state index contributed by atoms with van der Waals surface area (Å²) in [5, 5.41) is 21.1. The Kier molecular flexibility index (Phi) is 12.8. The van der Waals surface area contributed by atoms with Crippen LogP contribution in [0.15, 0.2) is 24.3 Å². The topological polar surface area (TPSA) is 94.5 Å². The average molecular weight is 503 g/mol. The van der Waals surface area contributed by atoms with Crippen molar-refractivity contribution in [3.05, 3.63) is 35.4 Å². The summed E-state index contributed by atoms with van der Waals surface area (Å²) in [5.41, 5.74) is 0.502. The molecule has 2 aromatic rings. The maximum Gasteiger partial charge on any atom is 0.200 e. The van der Waals surface area contributed by atoms with Gasteiger partial charge in [0.05, 0.1) is 37.6 Å². The van der Waals surface area contributed by atoms with Crippen LogP contribution < -0.4 is 18.9 Å². The van der Waals surface area contributed by atoms with Crippen LogP contribution >= 0.6 is 0 Å². The molecule has 0 bridgehead atoms. The first kappa shape index (κ1) is 29.1. The summed E-state index contributed by atoms with van der Waals surface area (Å²) >= 11 is 0. The fraction of sp³-hybridized carbons (Fsp3) is 0.552. The van der Waals surface area contributed by atoms with Crippen LogP contribution in [0.25, 0.3) is 0 Å². The van der Waals surface area contributed by atoms with Crippen LogP contribution in [-0.4, -0.2) is 42.4 Å². The first-order valence-electron chi connectivity index (χ1n) is 13.3. The molecule has 0 heterocycles. The fourth-order valence-corrected chi connectivity index (χ4v) is 3.37. The number of benzene rings is 2. The SMILES string of the molecule is CCCCOc1cc(C(=O)c2cc(OCCCC)c(O)cc2OCCCC)c(OCCCC)cc1O. The number of aromatic hydroxyl groups is 2. The second-order valence-electron chi connectivity index (χ2n) is 8.77. The molecule has 0 aliphatic carbocycles. The zero-order valence-electron chi connectivity index (χ0n) is 22.2. The minimum Gasteiger partial charge on any atom is -0.504 e. The molecule has 7 nitrogen and oxygen atoms in total. The zero-order chi connectivity index (χ0) is 26.3. The third-order valence-electron chi connectivity index (χ3n) is 5.63. The number of rotatable bonds is 18. The number of carbonyl (C=O) groups excluding carboxylic acids is 1. The fourth-order valence-electron chi connectivity index (χ4n) is 3.37. The van der Waals surface area contributed by atoms with Crippen molar-refractivity contribution in [2.45, 2.75) is 79.1 Å². The van der Waals surface area contributed by atoms with Crippen molar-refractivity contribution in [1.82, 2.24) is 0 Å². The summed E-state index contributed by atoms with van der Waals surface area (Å²) in [6.07, 6.45) is 7.01. The molecule has 36 heavy (non-hydrogen) atoms. The van der Waals surface area contributed by atoms with Crippen LogP contribution in [0.2, 0.25) is 0 Å². The third kappa shape index (κ3) is 8.54. The second kappa shape index (κ2) is 15.8. The van der Waals surface area contributed by atoms with Crippen molar-refractivity contribution in [3.63, 3.8) is 0 Å². The molecule has 7 heteroatoms. The molecule has 0 radical (unpaired) electrons. The van der Waals surface area contributed by atoms with Gasteiger partial charge in [-0.05, 0) is 37.8 Å². The number of hydrogen-bond acceptors (Lipinski definition) is 7. The Labute approximate surface area is 215 Å². The number of ether oxygens (including phenoxy) is 4. The van der Waals surface area contributed by atoms with Gasteiger partial charge in [-0.3, -0.25) is 4.79 Å². The smallest absolute Gasteiger partial charge is 0.200 e. The molecule has 0 saturated carbocycles. The van der Waals surface area contributed by atoms with Gasteiger partial charge in [0.25, 0.3) is 0 Å². The Morgan fingerprint density at radius 2 is 0.861 bits per heavy atom. The molecule has 0 saturated heterocycles. The average Bonchev–Trinajstić information content (AvgIpc) is 2.86. The number of hydrogen-bond donors (Lipinski definition) is 2. The molecule has 0 aliphatic heterocycles. The lowest BCUT2D eigenvalue weighted by atomic mass is 10.00. The van der Waals surface area contributed by atoms with E-state index in [0.717, 1.165) is 51.4 Å². The molecule has 2 N–H and O–H groups in total. The molecule has 0 unspecified atom stereocenters. The van der Waals surface area contributed by atoms with E-state index in [9.17, 15) is 15.0 Å². The monoisotopic (exact) mass is 502 g/mol. The van der Waals surface area contributed by atoms with Crippen molar-refractivity contribution in [1.29, 1.82) is 0 Å². The molecule has 0 aliphatic rings. The third-order valence-corrected chi connectivity index (χ3v) is 5.63. The summed E-state index contributed by atoms with van der Waals surface area (Å²) < 4.78 is 23.3. The van der Waals surface area contributed by atoms with Crippen LogP contribution in [0.4, 0.5) is 0 Å². The largest absolute Gasteiger partial charge is 0.504 e. The normalized spacial score (nSPS) is 10.8. The summed E-state index contributed by atoms with van der Waals surface area (Å²) in [4.78, 5) is 13.9. The van der Waals surface area contributed by atoms with E-state index < -0.39 is 0 Å². The quantitative estimate of drug-likeness (QED) is 0.167. The highest BCUT2D eigenvalue weighted by Crippen LogP contribution is 2.40. The van der Waals surface area contributed by atoms with Crippen LogP contribution in [0, 0.1) is 0 Å². The molecule has 2 aromatic carbocycles. The van der Waals surface area contributed by atoms with Crippen LogP contribution in [-0.2, 0) is 0 Å². The van der Waals surface area contributed by atoms with Gasteiger partial charge in [0, 0.05) is 12.1 Å². The van der Waals surface area contributed by atoms with Gasteiger partial charge in [-0.15, -0.1) is 0 Å². The van der Waals surface area contributed by atoms with E-state index >= 15 is 0 Å². The second-order valence-corrected chi connectivity index (χ2v) is 8.77. The van der Waals surface area contributed by atoms with E-state index in [2.05, 4.69) is 0 Å². The van der Waals surface area contributed by atoms with Gasteiger partial charge in [0.1, 0.15) is 11.5 Å². The van der Waals surface area contributed by atoms with Gasteiger partial charge in [0.15, 0.2) is 23.0 Å². The number of phenols is 2. The molecule has 2 rings (SSSR count). The Hall–Kier alpha value is -3.09. The molecular weight excluding hydrogens is 460 g/mol. The Bertz CT molecular complexity index is 880. The van der Waals surface area contributed by atoms with E-state index in [0.29, 0.717) is 26.4 Å². The van der Waals surface area contributed by atoms with E-state index in [1.165, 1.54) is 24.3 Å². The first-order valence-corrected chi connectivity index (χ1v) is 13.3. The summed E-state index contributed by atoms with van der Waals surface area (Å²) in [5.74, 6) is 0.464. The lowest BCUT2D eigenvalue weighted by Gasteiger charge is -2.18. The zero-order valence-corrected chi connectivity index (χ0v) is 22.2. The molecule has 0 aromatic heterocycles. The maximum absolute atomic E-state index is 13.9. The highest BCUT2D eigenvalue weighted by molar-refractivity contribution is 6.13. The number of ketones is 1. The molecule has 200 valence electrons. The molecule has 0 fully saturated rings. The number of unbranched alkanes of at least 4 members (excludes halogenated alkanes) is 4. The van der Waals surface area contributed by atoms with Crippen molar-refractivity contribution in [2.24, 2.45) is 0 Å². The molecule has 0 spiro atoms. The minimum atomic E-state index is -0.367. The van der Waals surface area contributed by atoms with Crippen LogP contribution in [0.3, 0.4) is 0 Å². The number of carbonyl (C=O) groups is 1. The first-order chi connectivity index (χ1) is 17.5. The predicted octanol–water partition coefficient (Wildman–Crippen LogP) is 7.04. The standard InChI is InChI=1S/C29H42O7/c1-5-9-13-33-25-19-23(30)27(35-15-11-7-3)17-21(25)29(32)22-18-28(36-16-12-8-4)24(31)20-26(22)34-14-10-6-2/h17-20,30-31H,5-16H2,1-4H3. The van der Waals surface area contributed by atoms with Crippen molar-refractivity contribution >= 4 is 5.78 Å². The van der Waals surface area contributed by atoms with Crippen molar-refractivity contribution in [3.8, 4) is 34.5 Å². The van der Waals surface area contributed by atoms with Gasteiger partial charge < -0.3 is 29.2 Å². The Balaban J connectivity index is 2.53. The lowest BCUT2D eigenvalue weighted by Crippen LogP contribution is -2.11. The van der Waals surface area contributed by atoms with Crippen LogP contribution in [0.1, 0.15) is 95.0 Å². The van der Waals surface area contributed by atoms with E-state index in [1.807, 2.05) is 27.7 Å². The summed E-state index contributed by atoms with van der Waals surface area (Å²) in [6, 6.07) is 5.91. The highest BCUT2D eigenvalue weighted by atomic mass is 16.5. The Morgan fingerprint density at radius 1 is 0.556 bits per heavy atom. The lowest BCUT2D eigenvalue weighted by molar-refractivity contribution is 0.102. The van der Waals surface area contributed by atoms with E-state index in [4.69, 9.17) is 18.9 Å². The Morgan fingerprint density at radius 3 is 1.17 bits per heavy atom. The molecule has 0 atom stereocenters. The predicted molar refractivity (Wildman–Crippen MR) is 141 cm³/mol. The number of phenolic OH excluding ortho intramolecular Hbond substituents is 2. The molecular formula is C29H42O7. The van der Waals surface area contributed by atoms with E-state index in [1.54, 1.807) is 0 Å². The summed E-state index contributed by atoms with van der Waals surface area (Å²) in [7, 11) is 0. The highest BCUT2D eigenvalue weighted by Gasteiger charge is 2.24. The van der Waals surface area contributed by atoms with Gasteiger partial charge in [0.2, 0.25) is 5.78 Å². The van der Waals surface area contributed by atoms with Crippen molar-refractivity contribution in [2.75, 3.05) is 26.4 Å².